The van der Waals surface area contributed by atoms with Gasteiger partial charge in [-0.3, -0.25) is 4.79 Å². The Morgan fingerprint density at radius 3 is 2.00 bits per heavy atom. The molecule has 0 atom stereocenters. The number of ether oxygens (including phenoxy) is 1. The lowest BCUT2D eigenvalue weighted by Gasteiger charge is -2.28. The van der Waals surface area contributed by atoms with Crippen molar-refractivity contribution < 1.29 is 9.53 Å². The zero-order valence-corrected chi connectivity index (χ0v) is 9.52. The van der Waals surface area contributed by atoms with Gasteiger partial charge in [-0.2, -0.15) is 0 Å². The highest BCUT2D eigenvalue weighted by molar-refractivity contribution is 5.80. The molecule has 0 rings (SSSR count). The van der Waals surface area contributed by atoms with Crippen molar-refractivity contribution in [1.82, 2.24) is 5.32 Å². The highest BCUT2D eigenvalue weighted by Crippen LogP contribution is 2.13. The molecule has 0 aliphatic carbocycles. The van der Waals surface area contributed by atoms with E-state index >= 15 is 0 Å². The van der Waals surface area contributed by atoms with Gasteiger partial charge in [0, 0.05) is 0 Å². The molecule has 0 spiro atoms. The van der Waals surface area contributed by atoms with Crippen molar-refractivity contribution in [2.75, 3.05) is 6.54 Å². The highest BCUT2D eigenvalue weighted by Gasteiger charge is 2.31. The van der Waals surface area contributed by atoms with Gasteiger partial charge in [-0.05, 0) is 41.2 Å². The minimum absolute atomic E-state index is 0.207. The van der Waals surface area contributed by atoms with Gasteiger partial charge in [0.1, 0.15) is 11.1 Å². The molecule has 3 heteroatoms. The molecule has 0 saturated carbocycles. The average Bonchev–Trinajstić information content (AvgIpc) is 1.82. The van der Waals surface area contributed by atoms with Crippen LogP contribution in [-0.4, -0.2) is 23.7 Å². The van der Waals surface area contributed by atoms with Gasteiger partial charge in [-0.25, -0.2) is 0 Å². The second kappa shape index (κ2) is 4.09. The predicted molar refractivity (Wildman–Crippen MR) is 53.6 cm³/mol. The van der Waals surface area contributed by atoms with Gasteiger partial charge in [-0.15, -0.1) is 0 Å². The zero-order chi connectivity index (χ0) is 10.7. The van der Waals surface area contributed by atoms with E-state index in [-0.39, 0.29) is 5.97 Å². The largest absolute Gasteiger partial charge is 0.459 e. The number of likely N-dealkylation sites (N-methyl/N-ethyl adjacent to an activating group) is 1. The molecular weight excluding hydrogens is 166 g/mol. The fourth-order valence-corrected chi connectivity index (χ4v) is 0.920. The van der Waals surface area contributed by atoms with Crippen LogP contribution in [0.1, 0.15) is 41.5 Å². The van der Waals surface area contributed by atoms with Crippen molar-refractivity contribution in [1.29, 1.82) is 0 Å². The van der Waals surface area contributed by atoms with Crippen molar-refractivity contribution >= 4 is 5.97 Å². The second-order valence-corrected chi connectivity index (χ2v) is 4.66. The van der Waals surface area contributed by atoms with Crippen LogP contribution in [0.2, 0.25) is 0 Å². The van der Waals surface area contributed by atoms with Crippen molar-refractivity contribution in [2.45, 2.75) is 52.7 Å². The first kappa shape index (κ1) is 12.4. The van der Waals surface area contributed by atoms with Crippen LogP contribution in [-0.2, 0) is 9.53 Å². The van der Waals surface area contributed by atoms with Crippen LogP contribution in [0, 0.1) is 0 Å². The van der Waals surface area contributed by atoms with Gasteiger partial charge in [0.05, 0.1) is 0 Å². The monoisotopic (exact) mass is 187 g/mol. The van der Waals surface area contributed by atoms with Crippen molar-refractivity contribution in [3.63, 3.8) is 0 Å². The van der Waals surface area contributed by atoms with E-state index in [2.05, 4.69) is 5.32 Å². The maximum atomic E-state index is 11.6. The standard InChI is InChI=1S/C10H21NO2/c1-7-11-10(5,6)8(12)13-9(2,3)4/h11H,7H2,1-6H3. The summed E-state index contributed by atoms with van der Waals surface area (Å²) in [5.41, 5.74) is -1.01. The first-order chi connectivity index (χ1) is 5.69. The molecule has 0 saturated heterocycles. The fraction of sp³-hybridized carbons (Fsp3) is 0.900. The lowest BCUT2D eigenvalue weighted by atomic mass is 10.1. The molecule has 0 heterocycles. The first-order valence-electron chi connectivity index (χ1n) is 4.67. The summed E-state index contributed by atoms with van der Waals surface area (Å²) < 4.78 is 5.25. The summed E-state index contributed by atoms with van der Waals surface area (Å²) in [6, 6.07) is 0. The Bertz CT molecular complexity index is 180. The van der Waals surface area contributed by atoms with E-state index in [0.29, 0.717) is 0 Å². The molecule has 0 aromatic rings. The molecule has 0 amide bonds. The zero-order valence-electron chi connectivity index (χ0n) is 9.52. The van der Waals surface area contributed by atoms with Gasteiger partial charge >= 0.3 is 5.97 Å². The summed E-state index contributed by atoms with van der Waals surface area (Å²) in [4.78, 5) is 11.6. The molecule has 0 aliphatic rings. The Morgan fingerprint density at radius 2 is 1.69 bits per heavy atom. The van der Waals surface area contributed by atoms with Crippen LogP contribution >= 0.6 is 0 Å². The number of carbonyl (C=O) groups is 1. The molecular formula is C10H21NO2. The van der Waals surface area contributed by atoms with E-state index < -0.39 is 11.1 Å². The molecule has 78 valence electrons. The number of hydrogen-bond donors (Lipinski definition) is 1. The third kappa shape index (κ3) is 4.88. The third-order valence-electron chi connectivity index (χ3n) is 1.53. The Morgan fingerprint density at radius 1 is 1.23 bits per heavy atom. The molecule has 0 fully saturated rings. The number of rotatable bonds is 3. The third-order valence-corrected chi connectivity index (χ3v) is 1.53. The van der Waals surface area contributed by atoms with Crippen LogP contribution in [0.3, 0.4) is 0 Å². The summed E-state index contributed by atoms with van der Waals surface area (Å²) in [5.74, 6) is -0.207. The summed E-state index contributed by atoms with van der Waals surface area (Å²) in [6.45, 7) is 12.0. The van der Waals surface area contributed by atoms with E-state index in [1.54, 1.807) is 0 Å². The Labute approximate surface area is 80.8 Å². The van der Waals surface area contributed by atoms with E-state index in [4.69, 9.17) is 4.74 Å². The number of esters is 1. The normalized spacial score (nSPS) is 12.8. The molecule has 1 N–H and O–H groups in total. The van der Waals surface area contributed by atoms with Gasteiger partial charge in [-0.1, -0.05) is 6.92 Å². The molecule has 0 bridgehead atoms. The Kier molecular flexibility index (Phi) is 3.91. The Balaban J connectivity index is 4.25. The topological polar surface area (TPSA) is 38.3 Å². The van der Waals surface area contributed by atoms with E-state index in [0.717, 1.165) is 6.54 Å². The van der Waals surface area contributed by atoms with Crippen LogP contribution in [0.25, 0.3) is 0 Å². The summed E-state index contributed by atoms with van der Waals surface area (Å²) in [5, 5.41) is 3.07. The van der Waals surface area contributed by atoms with Crippen LogP contribution in [0.4, 0.5) is 0 Å². The molecule has 0 radical (unpaired) electrons. The minimum Gasteiger partial charge on any atom is -0.459 e. The van der Waals surface area contributed by atoms with Crippen LogP contribution < -0.4 is 5.32 Å². The smallest absolute Gasteiger partial charge is 0.326 e. The van der Waals surface area contributed by atoms with E-state index in [1.165, 1.54) is 0 Å². The maximum Gasteiger partial charge on any atom is 0.326 e. The number of nitrogens with one attached hydrogen (secondary N) is 1. The summed E-state index contributed by atoms with van der Waals surface area (Å²) in [7, 11) is 0. The molecule has 0 aliphatic heterocycles. The predicted octanol–water partition coefficient (Wildman–Crippen LogP) is 1.72. The van der Waals surface area contributed by atoms with E-state index in [1.807, 2.05) is 41.5 Å². The van der Waals surface area contributed by atoms with Crippen molar-refractivity contribution in [2.24, 2.45) is 0 Å². The van der Waals surface area contributed by atoms with Gasteiger partial charge in [0.15, 0.2) is 0 Å². The minimum atomic E-state index is -0.595. The molecule has 3 nitrogen and oxygen atoms in total. The van der Waals surface area contributed by atoms with Crippen molar-refractivity contribution in [3.8, 4) is 0 Å². The fourth-order valence-electron chi connectivity index (χ4n) is 0.920. The Hall–Kier alpha value is -0.570. The quantitative estimate of drug-likeness (QED) is 0.684. The second-order valence-electron chi connectivity index (χ2n) is 4.66. The van der Waals surface area contributed by atoms with Gasteiger partial charge in [0.25, 0.3) is 0 Å². The van der Waals surface area contributed by atoms with Crippen molar-refractivity contribution in [3.05, 3.63) is 0 Å². The summed E-state index contributed by atoms with van der Waals surface area (Å²) in [6.07, 6.45) is 0. The van der Waals surface area contributed by atoms with E-state index in [9.17, 15) is 4.79 Å². The average molecular weight is 187 g/mol. The molecule has 0 unspecified atom stereocenters. The molecule has 0 aromatic carbocycles. The first-order valence-corrected chi connectivity index (χ1v) is 4.67. The molecule has 13 heavy (non-hydrogen) atoms. The maximum absolute atomic E-state index is 11.6. The highest BCUT2D eigenvalue weighted by atomic mass is 16.6. The van der Waals surface area contributed by atoms with Crippen LogP contribution in [0.5, 0.6) is 0 Å². The SMILES string of the molecule is CCNC(C)(C)C(=O)OC(C)(C)C. The van der Waals surface area contributed by atoms with Gasteiger partial charge < -0.3 is 10.1 Å². The van der Waals surface area contributed by atoms with Gasteiger partial charge in [0.2, 0.25) is 0 Å². The molecule has 0 aromatic heterocycles. The lowest BCUT2D eigenvalue weighted by Crippen LogP contribution is -2.49. The number of carbonyl (C=O) groups excluding carboxylic acids is 1. The number of hydrogen-bond acceptors (Lipinski definition) is 3. The summed E-state index contributed by atoms with van der Waals surface area (Å²) >= 11 is 0. The van der Waals surface area contributed by atoms with Crippen LogP contribution in [0.15, 0.2) is 0 Å². The lowest BCUT2D eigenvalue weighted by molar-refractivity contribution is -0.161.